The molecule has 0 bridgehead atoms. The number of pyridine rings is 2. The van der Waals surface area contributed by atoms with Crippen molar-refractivity contribution in [2.45, 2.75) is 25.3 Å². The van der Waals surface area contributed by atoms with E-state index in [9.17, 15) is 13.2 Å². The SMILES string of the molecule is Cc1ccc(S(=O)(=O)n2cc(-c3ccn(Cc4cc(C)cc(Cl)c4)c(=O)c3)c3cc(N4CCOCC4)cnc32)cc1. The Hall–Kier alpha value is -3.92. The van der Waals surface area contributed by atoms with E-state index in [0.717, 1.165) is 22.4 Å². The van der Waals surface area contributed by atoms with Gasteiger partial charge in [0.15, 0.2) is 5.65 Å². The zero-order valence-corrected chi connectivity index (χ0v) is 24.3. The van der Waals surface area contributed by atoms with Gasteiger partial charge in [-0.25, -0.2) is 17.4 Å². The summed E-state index contributed by atoms with van der Waals surface area (Å²) in [6, 6.07) is 17.8. The van der Waals surface area contributed by atoms with Gasteiger partial charge in [-0.2, -0.15) is 0 Å². The number of aryl methyl sites for hydroxylation is 2. The summed E-state index contributed by atoms with van der Waals surface area (Å²) in [7, 11) is -3.95. The van der Waals surface area contributed by atoms with Gasteiger partial charge in [0.05, 0.1) is 36.5 Å². The monoisotopic (exact) mass is 588 g/mol. The van der Waals surface area contributed by atoms with Crippen molar-refractivity contribution in [1.82, 2.24) is 13.5 Å². The first-order valence-electron chi connectivity index (χ1n) is 13.3. The first-order chi connectivity index (χ1) is 19.7. The highest BCUT2D eigenvalue weighted by Gasteiger charge is 2.24. The first-order valence-corrected chi connectivity index (χ1v) is 15.1. The predicted octanol–water partition coefficient (Wildman–Crippen LogP) is 5.26. The molecule has 0 aliphatic carbocycles. The second-order valence-corrected chi connectivity index (χ2v) is 12.6. The van der Waals surface area contributed by atoms with Crippen LogP contribution in [-0.4, -0.2) is 48.2 Å². The van der Waals surface area contributed by atoms with Gasteiger partial charge in [-0.15, -0.1) is 0 Å². The van der Waals surface area contributed by atoms with Crippen LogP contribution in [0.1, 0.15) is 16.7 Å². The average molecular weight is 589 g/mol. The number of benzene rings is 2. The van der Waals surface area contributed by atoms with Crippen LogP contribution >= 0.6 is 11.6 Å². The molecule has 4 heterocycles. The second kappa shape index (κ2) is 10.8. The summed E-state index contributed by atoms with van der Waals surface area (Å²) in [5.41, 5.74) is 5.09. The molecule has 1 aliphatic rings. The van der Waals surface area contributed by atoms with Crippen molar-refractivity contribution in [3.8, 4) is 11.1 Å². The summed E-state index contributed by atoms with van der Waals surface area (Å²) in [6.45, 7) is 6.88. The van der Waals surface area contributed by atoms with Crippen molar-refractivity contribution < 1.29 is 13.2 Å². The maximum absolute atomic E-state index is 13.8. The number of rotatable bonds is 6. The van der Waals surface area contributed by atoms with Crippen LogP contribution in [0.2, 0.25) is 5.02 Å². The third kappa shape index (κ3) is 5.40. The predicted molar refractivity (Wildman–Crippen MR) is 162 cm³/mol. The highest BCUT2D eigenvalue weighted by molar-refractivity contribution is 7.90. The molecule has 5 aromatic rings. The zero-order chi connectivity index (χ0) is 28.7. The minimum Gasteiger partial charge on any atom is -0.378 e. The van der Waals surface area contributed by atoms with Crippen molar-refractivity contribution in [1.29, 1.82) is 0 Å². The number of aromatic nitrogens is 3. The Morgan fingerprint density at radius 2 is 1.71 bits per heavy atom. The summed E-state index contributed by atoms with van der Waals surface area (Å²) in [5, 5.41) is 1.27. The van der Waals surface area contributed by atoms with Crippen LogP contribution in [0.5, 0.6) is 0 Å². The van der Waals surface area contributed by atoms with Crippen molar-refractivity contribution in [3.05, 3.63) is 111 Å². The normalized spacial score (nSPS) is 14.1. The molecule has 8 nitrogen and oxygen atoms in total. The lowest BCUT2D eigenvalue weighted by Crippen LogP contribution is -2.36. The molecular weight excluding hydrogens is 560 g/mol. The van der Waals surface area contributed by atoms with Gasteiger partial charge in [0.2, 0.25) is 0 Å². The summed E-state index contributed by atoms with van der Waals surface area (Å²) in [6.07, 6.45) is 4.99. The number of fused-ring (bicyclic) bond motifs is 1. The van der Waals surface area contributed by atoms with Crippen LogP contribution in [0.3, 0.4) is 0 Å². The minimum absolute atomic E-state index is 0.165. The van der Waals surface area contributed by atoms with Gasteiger partial charge < -0.3 is 14.2 Å². The van der Waals surface area contributed by atoms with Crippen molar-refractivity contribution in [2.24, 2.45) is 0 Å². The number of halogens is 1. The number of anilines is 1. The van der Waals surface area contributed by atoms with E-state index in [1.165, 1.54) is 10.0 Å². The Morgan fingerprint density at radius 3 is 2.41 bits per heavy atom. The van der Waals surface area contributed by atoms with Gasteiger partial charge in [0.1, 0.15) is 0 Å². The van der Waals surface area contributed by atoms with Gasteiger partial charge in [0.25, 0.3) is 15.6 Å². The number of hydrogen-bond donors (Lipinski definition) is 0. The van der Waals surface area contributed by atoms with Crippen molar-refractivity contribution >= 4 is 38.3 Å². The number of nitrogens with zero attached hydrogens (tertiary/aromatic N) is 4. The smallest absolute Gasteiger partial charge is 0.269 e. The van der Waals surface area contributed by atoms with Crippen LogP contribution in [0, 0.1) is 13.8 Å². The molecule has 2 aromatic carbocycles. The van der Waals surface area contributed by atoms with E-state index in [2.05, 4.69) is 9.88 Å². The topological polar surface area (TPSA) is 86.4 Å². The van der Waals surface area contributed by atoms with E-state index >= 15 is 0 Å². The quantitative estimate of drug-likeness (QED) is 0.269. The molecule has 0 spiro atoms. The lowest BCUT2D eigenvalue weighted by atomic mass is 10.1. The Morgan fingerprint density at radius 1 is 0.951 bits per heavy atom. The largest absolute Gasteiger partial charge is 0.378 e. The summed E-state index contributed by atoms with van der Waals surface area (Å²) < 4.78 is 35.9. The molecule has 1 fully saturated rings. The Bertz CT molecular complexity index is 1900. The fraction of sp³-hybridized carbons (Fsp3) is 0.226. The molecule has 0 radical (unpaired) electrons. The average Bonchev–Trinajstić information content (AvgIpc) is 3.34. The second-order valence-electron chi connectivity index (χ2n) is 10.3. The third-order valence-electron chi connectivity index (χ3n) is 7.31. The lowest BCUT2D eigenvalue weighted by molar-refractivity contribution is 0.122. The van der Waals surface area contributed by atoms with E-state index in [4.69, 9.17) is 16.3 Å². The van der Waals surface area contributed by atoms with E-state index < -0.39 is 10.0 Å². The summed E-state index contributed by atoms with van der Waals surface area (Å²) in [4.78, 5) is 20.2. The van der Waals surface area contributed by atoms with E-state index in [-0.39, 0.29) is 10.5 Å². The molecule has 6 rings (SSSR count). The van der Waals surface area contributed by atoms with Crippen LogP contribution in [-0.2, 0) is 21.3 Å². The van der Waals surface area contributed by atoms with Gasteiger partial charge in [-0.3, -0.25) is 4.79 Å². The highest BCUT2D eigenvalue weighted by Crippen LogP contribution is 2.34. The molecule has 41 heavy (non-hydrogen) atoms. The Balaban J connectivity index is 1.47. The van der Waals surface area contributed by atoms with E-state index in [1.54, 1.807) is 47.4 Å². The van der Waals surface area contributed by atoms with Gasteiger partial charge in [0, 0.05) is 47.5 Å². The standard InChI is InChI=1S/C31H29ClN4O4S/c1-21-3-5-27(6-4-21)41(38,39)36-20-29(28-17-26(18-33-31(28)36)34-9-11-40-12-10-34)24-7-8-35(30(37)16-24)19-23-13-22(2)14-25(32)15-23/h3-8,13-18,20H,9-12,19H2,1-2H3. The lowest BCUT2D eigenvalue weighted by Gasteiger charge is -2.28. The Labute approximate surface area is 243 Å². The molecule has 210 valence electrons. The molecule has 0 atom stereocenters. The summed E-state index contributed by atoms with van der Waals surface area (Å²) in [5.74, 6) is 0. The fourth-order valence-corrected chi connectivity index (χ4v) is 6.84. The van der Waals surface area contributed by atoms with Crippen LogP contribution in [0.15, 0.2) is 88.9 Å². The van der Waals surface area contributed by atoms with Crippen molar-refractivity contribution in [2.75, 3.05) is 31.2 Å². The maximum atomic E-state index is 13.8. The maximum Gasteiger partial charge on any atom is 0.269 e. The molecule has 0 amide bonds. The molecule has 3 aromatic heterocycles. The van der Waals surface area contributed by atoms with Crippen LogP contribution < -0.4 is 10.5 Å². The molecule has 0 saturated carbocycles. The molecule has 1 saturated heterocycles. The minimum atomic E-state index is -3.95. The fourth-order valence-electron chi connectivity index (χ4n) is 5.21. The van der Waals surface area contributed by atoms with Crippen molar-refractivity contribution in [3.63, 3.8) is 0 Å². The zero-order valence-electron chi connectivity index (χ0n) is 22.7. The molecule has 0 N–H and O–H groups in total. The molecule has 10 heteroatoms. The van der Waals surface area contributed by atoms with Gasteiger partial charge in [-0.1, -0.05) is 35.4 Å². The third-order valence-corrected chi connectivity index (χ3v) is 9.20. The summed E-state index contributed by atoms with van der Waals surface area (Å²) >= 11 is 6.22. The van der Waals surface area contributed by atoms with Gasteiger partial charge in [-0.05, 0) is 66.9 Å². The number of morpholine rings is 1. The van der Waals surface area contributed by atoms with Crippen LogP contribution in [0.25, 0.3) is 22.2 Å². The molecule has 0 unspecified atom stereocenters. The van der Waals surface area contributed by atoms with E-state index in [0.29, 0.717) is 60.0 Å². The van der Waals surface area contributed by atoms with Crippen LogP contribution in [0.4, 0.5) is 5.69 Å². The first kappa shape index (κ1) is 27.3. The number of ether oxygens (including phenoxy) is 1. The van der Waals surface area contributed by atoms with E-state index in [1.807, 2.05) is 44.2 Å². The Kier molecular flexibility index (Phi) is 7.19. The molecule has 1 aliphatic heterocycles. The number of hydrogen-bond acceptors (Lipinski definition) is 6. The highest BCUT2D eigenvalue weighted by atomic mass is 35.5. The van der Waals surface area contributed by atoms with Gasteiger partial charge >= 0.3 is 0 Å². The molecular formula is C31H29ClN4O4S.